The minimum atomic E-state index is -0.454. The molecule has 0 aromatic heterocycles. The van der Waals surface area contributed by atoms with E-state index in [0.717, 1.165) is 19.5 Å². The SMILES string of the molecule is CCSCCCNCC1COCCN1C(=O)OC(C)(C)C. The maximum atomic E-state index is 12.2. The maximum absolute atomic E-state index is 12.2. The van der Waals surface area contributed by atoms with E-state index in [-0.39, 0.29) is 12.1 Å². The van der Waals surface area contributed by atoms with Gasteiger partial charge in [-0.25, -0.2) is 4.79 Å². The van der Waals surface area contributed by atoms with Crippen LogP contribution < -0.4 is 5.32 Å². The Kier molecular flexibility index (Phi) is 8.44. The van der Waals surface area contributed by atoms with Crippen molar-refractivity contribution in [3.63, 3.8) is 0 Å². The van der Waals surface area contributed by atoms with Gasteiger partial charge in [-0.15, -0.1) is 0 Å². The number of hydrogen-bond donors (Lipinski definition) is 1. The van der Waals surface area contributed by atoms with Crippen molar-refractivity contribution in [1.82, 2.24) is 10.2 Å². The lowest BCUT2D eigenvalue weighted by Gasteiger charge is -2.36. The third-order valence-corrected chi connectivity index (χ3v) is 4.07. The average Bonchev–Trinajstić information content (AvgIpc) is 2.41. The lowest BCUT2D eigenvalue weighted by Crippen LogP contribution is -2.54. The predicted molar refractivity (Wildman–Crippen MR) is 88.0 cm³/mol. The molecule has 1 aliphatic heterocycles. The van der Waals surface area contributed by atoms with Gasteiger partial charge >= 0.3 is 6.09 Å². The molecule has 124 valence electrons. The first kappa shape index (κ1) is 18.6. The molecule has 0 radical (unpaired) electrons. The molecular formula is C15H30N2O3S. The fourth-order valence-corrected chi connectivity index (χ4v) is 2.73. The summed E-state index contributed by atoms with van der Waals surface area (Å²) in [6, 6.07) is 0.0624. The van der Waals surface area contributed by atoms with E-state index in [2.05, 4.69) is 12.2 Å². The molecule has 0 aromatic carbocycles. The van der Waals surface area contributed by atoms with Gasteiger partial charge in [0.2, 0.25) is 0 Å². The number of carbonyl (C=O) groups excluding carboxylic acids is 1. The van der Waals surface area contributed by atoms with Crippen LogP contribution in [-0.2, 0) is 9.47 Å². The number of morpholine rings is 1. The molecule has 1 amide bonds. The minimum Gasteiger partial charge on any atom is -0.444 e. The van der Waals surface area contributed by atoms with Gasteiger partial charge in [0.05, 0.1) is 19.3 Å². The fraction of sp³-hybridized carbons (Fsp3) is 0.933. The summed E-state index contributed by atoms with van der Waals surface area (Å²) in [7, 11) is 0. The van der Waals surface area contributed by atoms with Crippen LogP contribution >= 0.6 is 11.8 Å². The fourth-order valence-electron chi connectivity index (χ4n) is 2.10. The number of nitrogens with zero attached hydrogens (tertiary/aromatic N) is 1. The zero-order chi connectivity index (χ0) is 15.7. The monoisotopic (exact) mass is 318 g/mol. The van der Waals surface area contributed by atoms with Crippen molar-refractivity contribution in [1.29, 1.82) is 0 Å². The Labute approximate surface area is 133 Å². The summed E-state index contributed by atoms with van der Waals surface area (Å²) < 4.78 is 11.0. The van der Waals surface area contributed by atoms with E-state index in [0.29, 0.717) is 19.8 Å². The molecule has 5 nitrogen and oxygen atoms in total. The Hall–Kier alpha value is -0.460. The first-order valence-corrected chi connectivity index (χ1v) is 8.95. The smallest absolute Gasteiger partial charge is 0.410 e. The summed E-state index contributed by atoms with van der Waals surface area (Å²) in [6.45, 7) is 11.4. The van der Waals surface area contributed by atoms with Gasteiger partial charge in [-0.3, -0.25) is 4.90 Å². The topological polar surface area (TPSA) is 50.8 Å². The standard InChI is InChI=1S/C15H30N2O3S/c1-5-21-10-6-7-16-11-13-12-19-9-8-17(13)14(18)20-15(2,3)4/h13,16H,5-12H2,1-4H3. The van der Waals surface area contributed by atoms with E-state index < -0.39 is 5.60 Å². The molecule has 0 spiro atoms. The summed E-state index contributed by atoms with van der Waals surface area (Å²) in [6.07, 6.45) is 0.914. The van der Waals surface area contributed by atoms with Crippen LogP contribution in [0.15, 0.2) is 0 Å². The van der Waals surface area contributed by atoms with Crippen LogP contribution in [0, 0.1) is 0 Å². The second kappa shape index (κ2) is 9.54. The van der Waals surface area contributed by atoms with E-state index in [1.165, 1.54) is 11.5 Å². The first-order valence-electron chi connectivity index (χ1n) is 7.80. The molecule has 0 saturated carbocycles. The summed E-state index contributed by atoms with van der Waals surface area (Å²) in [5, 5.41) is 3.42. The van der Waals surface area contributed by atoms with E-state index in [4.69, 9.17) is 9.47 Å². The van der Waals surface area contributed by atoms with Gasteiger partial charge in [0.15, 0.2) is 0 Å². The quantitative estimate of drug-likeness (QED) is 0.730. The number of carbonyl (C=O) groups is 1. The van der Waals surface area contributed by atoms with Crippen molar-refractivity contribution in [2.24, 2.45) is 0 Å². The molecule has 1 N–H and O–H groups in total. The van der Waals surface area contributed by atoms with Crippen LogP contribution in [-0.4, -0.2) is 67.0 Å². The molecule has 1 fully saturated rings. The van der Waals surface area contributed by atoms with Crippen LogP contribution in [0.25, 0.3) is 0 Å². The molecule has 6 heteroatoms. The number of hydrogen-bond acceptors (Lipinski definition) is 5. The van der Waals surface area contributed by atoms with Crippen molar-refractivity contribution < 1.29 is 14.3 Å². The molecule has 0 aromatic rings. The Morgan fingerprint density at radius 2 is 2.24 bits per heavy atom. The van der Waals surface area contributed by atoms with Crippen molar-refractivity contribution in [2.75, 3.05) is 44.4 Å². The maximum Gasteiger partial charge on any atom is 0.410 e. The van der Waals surface area contributed by atoms with Gasteiger partial charge in [-0.05, 0) is 45.2 Å². The number of rotatable bonds is 7. The van der Waals surface area contributed by atoms with E-state index in [1.54, 1.807) is 4.90 Å². The highest BCUT2D eigenvalue weighted by Gasteiger charge is 2.30. The largest absolute Gasteiger partial charge is 0.444 e. The molecular weight excluding hydrogens is 288 g/mol. The van der Waals surface area contributed by atoms with E-state index >= 15 is 0 Å². The molecule has 1 aliphatic rings. The van der Waals surface area contributed by atoms with E-state index in [9.17, 15) is 4.79 Å². The second-order valence-corrected chi connectivity index (χ2v) is 7.55. The Bertz CT molecular complexity index is 308. The van der Waals surface area contributed by atoms with Crippen LogP contribution in [0.5, 0.6) is 0 Å². The Balaban J connectivity index is 2.33. The van der Waals surface area contributed by atoms with Gasteiger partial charge in [0.25, 0.3) is 0 Å². The molecule has 0 bridgehead atoms. The van der Waals surface area contributed by atoms with Crippen LogP contribution in [0.4, 0.5) is 4.79 Å². The summed E-state index contributed by atoms with van der Waals surface area (Å²) in [5.41, 5.74) is -0.454. The lowest BCUT2D eigenvalue weighted by molar-refractivity contribution is -0.0316. The average molecular weight is 318 g/mol. The lowest BCUT2D eigenvalue weighted by atomic mass is 10.2. The minimum absolute atomic E-state index is 0.0624. The second-order valence-electron chi connectivity index (χ2n) is 6.16. The highest BCUT2D eigenvalue weighted by Crippen LogP contribution is 2.14. The molecule has 1 atom stereocenters. The van der Waals surface area contributed by atoms with Gasteiger partial charge in [0.1, 0.15) is 5.60 Å². The van der Waals surface area contributed by atoms with Gasteiger partial charge < -0.3 is 14.8 Å². The number of amides is 1. The molecule has 0 aliphatic carbocycles. The zero-order valence-corrected chi connectivity index (χ0v) is 14.6. The van der Waals surface area contributed by atoms with Crippen LogP contribution in [0.1, 0.15) is 34.1 Å². The highest BCUT2D eigenvalue weighted by molar-refractivity contribution is 7.99. The molecule has 1 saturated heterocycles. The summed E-state index contributed by atoms with van der Waals surface area (Å²) >= 11 is 1.96. The summed E-state index contributed by atoms with van der Waals surface area (Å²) in [5.74, 6) is 2.35. The normalized spacial score (nSPS) is 19.6. The first-order chi connectivity index (χ1) is 9.94. The number of nitrogens with one attached hydrogen (secondary N) is 1. The van der Waals surface area contributed by atoms with Crippen LogP contribution in [0.2, 0.25) is 0 Å². The zero-order valence-electron chi connectivity index (χ0n) is 13.8. The van der Waals surface area contributed by atoms with Crippen molar-refractivity contribution in [3.8, 4) is 0 Å². The molecule has 21 heavy (non-hydrogen) atoms. The molecule has 1 unspecified atom stereocenters. The van der Waals surface area contributed by atoms with Crippen molar-refractivity contribution >= 4 is 17.9 Å². The van der Waals surface area contributed by atoms with Crippen LogP contribution in [0.3, 0.4) is 0 Å². The van der Waals surface area contributed by atoms with Gasteiger partial charge in [-0.1, -0.05) is 6.92 Å². The predicted octanol–water partition coefficient (Wildman–Crippen LogP) is 2.36. The van der Waals surface area contributed by atoms with Gasteiger partial charge in [-0.2, -0.15) is 11.8 Å². The van der Waals surface area contributed by atoms with Gasteiger partial charge in [0, 0.05) is 13.1 Å². The van der Waals surface area contributed by atoms with Crippen molar-refractivity contribution in [3.05, 3.63) is 0 Å². The summed E-state index contributed by atoms with van der Waals surface area (Å²) in [4.78, 5) is 14.0. The Morgan fingerprint density at radius 1 is 1.48 bits per heavy atom. The third kappa shape index (κ3) is 7.93. The number of ether oxygens (including phenoxy) is 2. The Morgan fingerprint density at radius 3 is 2.90 bits per heavy atom. The highest BCUT2D eigenvalue weighted by atomic mass is 32.2. The van der Waals surface area contributed by atoms with E-state index in [1.807, 2.05) is 32.5 Å². The third-order valence-electron chi connectivity index (χ3n) is 3.08. The molecule has 1 heterocycles. The van der Waals surface area contributed by atoms with Crippen molar-refractivity contribution in [2.45, 2.75) is 45.8 Å². The number of thioether (sulfide) groups is 1. The molecule has 1 rings (SSSR count).